The molecule has 1 aromatic heterocycles. The molecule has 0 saturated heterocycles. The van der Waals surface area contributed by atoms with E-state index in [1.807, 2.05) is 32.9 Å². The number of ether oxygens (including phenoxy) is 4. The van der Waals surface area contributed by atoms with Crippen molar-refractivity contribution < 1.29 is 18.9 Å². The second kappa shape index (κ2) is 10.1. The lowest BCUT2D eigenvalue weighted by molar-refractivity contribution is -0.126. The summed E-state index contributed by atoms with van der Waals surface area (Å²) in [6.07, 6.45) is 4.13. The van der Waals surface area contributed by atoms with Gasteiger partial charge in [0.25, 0.3) is 0 Å². The monoisotopic (exact) mass is 375 g/mol. The van der Waals surface area contributed by atoms with Crippen LogP contribution in [0.4, 0.5) is 0 Å². The van der Waals surface area contributed by atoms with Gasteiger partial charge in [-0.15, -0.1) is 0 Å². The molecular weight excluding hydrogens is 342 g/mol. The van der Waals surface area contributed by atoms with Crippen LogP contribution in [0.2, 0.25) is 0 Å². The van der Waals surface area contributed by atoms with Crippen LogP contribution < -0.4 is 4.74 Å². The Hall–Kier alpha value is -1.61. The number of nitrogens with zero attached hydrogens (tertiary/aromatic N) is 1. The SMILES string of the molecule is CC(C)OCCOC(C)C#Cc1ccc(OC2CC(OC(C)(C)C)C2)cn1. The van der Waals surface area contributed by atoms with Crippen LogP contribution in [-0.4, -0.2) is 48.2 Å². The lowest BCUT2D eigenvalue weighted by Gasteiger charge is -2.39. The first kappa shape index (κ1) is 21.7. The summed E-state index contributed by atoms with van der Waals surface area (Å²) in [5.74, 6) is 6.86. The molecule has 5 nitrogen and oxygen atoms in total. The van der Waals surface area contributed by atoms with E-state index in [4.69, 9.17) is 18.9 Å². The fraction of sp³-hybridized carbons (Fsp3) is 0.682. The second-order valence-electron chi connectivity index (χ2n) is 8.14. The maximum atomic E-state index is 5.93. The molecule has 1 saturated carbocycles. The van der Waals surface area contributed by atoms with Crippen molar-refractivity contribution in [1.82, 2.24) is 4.98 Å². The van der Waals surface area contributed by atoms with Gasteiger partial charge < -0.3 is 18.9 Å². The molecule has 0 radical (unpaired) electrons. The van der Waals surface area contributed by atoms with Crippen molar-refractivity contribution in [3.8, 4) is 17.6 Å². The van der Waals surface area contributed by atoms with Crippen LogP contribution in [0.3, 0.4) is 0 Å². The van der Waals surface area contributed by atoms with Gasteiger partial charge in [0.2, 0.25) is 0 Å². The maximum absolute atomic E-state index is 5.93. The Morgan fingerprint density at radius 3 is 2.37 bits per heavy atom. The molecule has 0 N–H and O–H groups in total. The van der Waals surface area contributed by atoms with Crippen molar-refractivity contribution in [2.24, 2.45) is 0 Å². The largest absolute Gasteiger partial charge is 0.489 e. The van der Waals surface area contributed by atoms with E-state index < -0.39 is 0 Å². The molecule has 1 aliphatic rings. The van der Waals surface area contributed by atoms with E-state index in [-0.39, 0.29) is 23.9 Å². The summed E-state index contributed by atoms with van der Waals surface area (Å²) in [5, 5.41) is 0. The van der Waals surface area contributed by atoms with Gasteiger partial charge in [-0.1, -0.05) is 5.92 Å². The maximum Gasteiger partial charge on any atom is 0.138 e. The second-order valence-corrected chi connectivity index (χ2v) is 8.14. The lowest BCUT2D eigenvalue weighted by Crippen LogP contribution is -2.43. The molecule has 150 valence electrons. The predicted octanol–water partition coefficient (Wildman–Crippen LogP) is 3.99. The number of aromatic nitrogens is 1. The molecule has 2 rings (SSSR count). The van der Waals surface area contributed by atoms with Gasteiger partial charge in [-0.25, -0.2) is 4.98 Å². The van der Waals surface area contributed by atoms with Gasteiger partial charge in [-0.05, 0) is 59.6 Å². The third kappa shape index (κ3) is 8.75. The van der Waals surface area contributed by atoms with E-state index in [9.17, 15) is 0 Å². The summed E-state index contributed by atoms with van der Waals surface area (Å²) in [7, 11) is 0. The van der Waals surface area contributed by atoms with Gasteiger partial charge in [-0.3, -0.25) is 0 Å². The summed E-state index contributed by atoms with van der Waals surface area (Å²) < 4.78 is 22.9. The molecule has 0 amide bonds. The Kier molecular flexibility index (Phi) is 8.09. The summed E-state index contributed by atoms with van der Waals surface area (Å²) in [6, 6.07) is 3.79. The van der Waals surface area contributed by atoms with E-state index in [2.05, 4.69) is 37.6 Å². The fourth-order valence-corrected chi connectivity index (χ4v) is 2.65. The van der Waals surface area contributed by atoms with Gasteiger partial charge in [0.15, 0.2) is 0 Å². The molecule has 0 bridgehead atoms. The zero-order valence-electron chi connectivity index (χ0n) is 17.5. The van der Waals surface area contributed by atoms with Crippen LogP contribution in [-0.2, 0) is 14.2 Å². The van der Waals surface area contributed by atoms with Crippen molar-refractivity contribution in [3.63, 3.8) is 0 Å². The molecule has 1 unspecified atom stereocenters. The highest BCUT2D eigenvalue weighted by Crippen LogP contribution is 2.30. The average Bonchev–Trinajstić information content (AvgIpc) is 2.55. The van der Waals surface area contributed by atoms with Gasteiger partial charge in [0.1, 0.15) is 23.7 Å². The minimum atomic E-state index is -0.159. The Bertz CT molecular complexity index is 618. The first-order chi connectivity index (χ1) is 12.7. The smallest absolute Gasteiger partial charge is 0.138 e. The minimum absolute atomic E-state index is 0.0974. The Morgan fingerprint density at radius 1 is 1.07 bits per heavy atom. The topological polar surface area (TPSA) is 49.8 Å². The van der Waals surface area contributed by atoms with Crippen molar-refractivity contribution in [2.45, 2.75) is 84.4 Å². The minimum Gasteiger partial charge on any atom is -0.489 e. The molecule has 1 atom stereocenters. The molecule has 0 aliphatic heterocycles. The number of hydrogen-bond donors (Lipinski definition) is 0. The molecule has 1 aromatic rings. The molecule has 27 heavy (non-hydrogen) atoms. The van der Waals surface area contributed by atoms with Crippen molar-refractivity contribution >= 4 is 0 Å². The normalized spacial score (nSPS) is 20.6. The van der Waals surface area contributed by atoms with Gasteiger partial charge in [0, 0.05) is 12.8 Å². The van der Waals surface area contributed by atoms with Crippen LogP contribution >= 0.6 is 0 Å². The Labute approximate surface area is 163 Å². The highest BCUT2D eigenvalue weighted by atomic mass is 16.5. The Balaban J connectivity index is 1.70. The fourth-order valence-electron chi connectivity index (χ4n) is 2.65. The van der Waals surface area contributed by atoms with E-state index in [0.29, 0.717) is 25.0 Å². The van der Waals surface area contributed by atoms with Crippen LogP contribution in [0.5, 0.6) is 5.75 Å². The molecule has 1 heterocycles. The first-order valence-corrected chi connectivity index (χ1v) is 9.76. The van der Waals surface area contributed by atoms with Gasteiger partial charge in [0.05, 0.1) is 37.2 Å². The van der Waals surface area contributed by atoms with E-state index in [0.717, 1.165) is 18.6 Å². The summed E-state index contributed by atoms with van der Waals surface area (Å²) in [6.45, 7) is 13.3. The standard InChI is InChI=1S/C22H33NO4/c1-16(2)24-11-12-25-17(3)7-8-18-9-10-19(15-23-18)26-20-13-21(14-20)27-22(4,5)6/h9-10,15-17,20-21H,11-14H2,1-6H3. The molecular formula is C22H33NO4. The van der Waals surface area contributed by atoms with Crippen LogP contribution in [0.1, 0.15) is 60.1 Å². The van der Waals surface area contributed by atoms with Gasteiger partial charge >= 0.3 is 0 Å². The van der Waals surface area contributed by atoms with E-state index >= 15 is 0 Å². The summed E-state index contributed by atoms with van der Waals surface area (Å²) >= 11 is 0. The number of pyridine rings is 1. The molecule has 0 spiro atoms. The lowest BCUT2D eigenvalue weighted by atomic mass is 9.91. The van der Waals surface area contributed by atoms with Crippen molar-refractivity contribution in [2.75, 3.05) is 13.2 Å². The van der Waals surface area contributed by atoms with Crippen LogP contribution in [0, 0.1) is 11.8 Å². The molecule has 1 fully saturated rings. The van der Waals surface area contributed by atoms with Crippen LogP contribution in [0.25, 0.3) is 0 Å². The molecule has 0 aromatic carbocycles. The highest BCUT2D eigenvalue weighted by Gasteiger charge is 2.34. The first-order valence-electron chi connectivity index (χ1n) is 9.76. The highest BCUT2D eigenvalue weighted by molar-refractivity contribution is 5.32. The van der Waals surface area contributed by atoms with Gasteiger partial charge in [-0.2, -0.15) is 0 Å². The van der Waals surface area contributed by atoms with Crippen molar-refractivity contribution in [1.29, 1.82) is 0 Å². The third-order valence-electron chi connectivity index (χ3n) is 3.92. The molecule has 5 heteroatoms. The predicted molar refractivity (Wildman–Crippen MR) is 106 cm³/mol. The summed E-state index contributed by atoms with van der Waals surface area (Å²) in [4.78, 5) is 4.35. The van der Waals surface area contributed by atoms with E-state index in [1.165, 1.54) is 0 Å². The van der Waals surface area contributed by atoms with E-state index in [1.54, 1.807) is 6.20 Å². The summed E-state index contributed by atoms with van der Waals surface area (Å²) in [5.41, 5.74) is 0.610. The molecule has 1 aliphatic carbocycles. The average molecular weight is 376 g/mol. The zero-order chi connectivity index (χ0) is 19.9. The quantitative estimate of drug-likeness (QED) is 0.508. The third-order valence-corrected chi connectivity index (χ3v) is 3.92. The zero-order valence-corrected chi connectivity index (χ0v) is 17.5. The Morgan fingerprint density at radius 2 is 1.78 bits per heavy atom. The number of hydrogen-bond acceptors (Lipinski definition) is 5. The number of rotatable bonds is 8. The van der Waals surface area contributed by atoms with Crippen LogP contribution in [0.15, 0.2) is 18.3 Å². The van der Waals surface area contributed by atoms with Crippen molar-refractivity contribution in [3.05, 3.63) is 24.0 Å².